The van der Waals surface area contributed by atoms with Gasteiger partial charge in [0.25, 0.3) is 0 Å². The first-order valence-corrected chi connectivity index (χ1v) is 9.26. The van der Waals surface area contributed by atoms with Crippen LogP contribution in [-0.2, 0) is 20.8 Å². The van der Waals surface area contributed by atoms with E-state index < -0.39 is 18.0 Å². The molecule has 0 bridgehead atoms. The summed E-state index contributed by atoms with van der Waals surface area (Å²) in [5.74, 6) is -1.07. The number of aromatic nitrogens is 3. The van der Waals surface area contributed by atoms with Crippen molar-refractivity contribution in [3.05, 3.63) is 35.3 Å². The van der Waals surface area contributed by atoms with Gasteiger partial charge in [-0.3, -0.25) is 0 Å². The van der Waals surface area contributed by atoms with E-state index in [2.05, 4.69) is 10.1 Å². The lowest BCUT2D eigenvalue weighted by molar-refractivity contribution is -0.147. The van der Waals surface area contributed by atoms with E-state index in [4.69, 9.17) is 9.47 Å². The number of thiophene rings is 1. The standard InChI is InChI=1S/C18H17N3O4S/c1-3-21-16-12(9-19-21)11(8-13(20-16)15-5-4-6-26-15)17(22)25-14-7-10(2)24-18(14)23/h4-6,8-10,14H,3,7H2,1-2H3/t10-,14-/m1/s1. The third-order valence-electron chi connectivity index (χ3n) is 4.28. The van der Waals surface area contributed by atoms with E-state index in [0.717, 1.165) is 4.88 Å². The van der Waals surface area contributed by atoms with Gasteiger partial charge in [0, 0.05) is 13.0 Å². The SMILES string of the molecule is CCn1ncc2c(C(=O)O[C@@H]3C[C@@H](C)OC3=O)cc(-c3cccs3)nc21. The molecule has 1 aliphatic heterocycles. The molecule has 7 nitrogen and oxygen atoms in total. The van der Waals surface area contributed by atoms with Crippen molar-refractivity contribution in [3.8, 4) is 10.6 Å². The van der Waals surface area contributed by atoms with Crippen molar-refractivity contribution in [1.82, 2.24) is 14.8 Å². The largest absolute Gasteiger partial charge is 0.460 e. The fourth-order valence-corrected chi connectivity index (χ4v) is 3.69. The number of hydrogen-bond donors (Lipinski definition) is 0. The van der Waals surface area contributed by atoms with Crippen LogP contribution in [0.3, 0.4) is 0 Å². The Hall–Kier alpha value is -2.74. The van der Waals surface area contributed by atoms with Crippen molar-refractivity contribution in [2.45, 2.75) is 39.0 Å². The third-order valence-corrected chi connectivity index (χ3v) is 5.17. The van der Waals surface area contributed by atoms with Crippen LogP contribution in [0.25, 0.3) is 21.6 Å². The molecule has 2 atom stereocenters. The first-order valence-electron chi connectivity index (χ1n) is 8.38. The number of nitrogens with zero attached hydrogens (tertiary/aromatic N) is 3. The van der Waals surface area contributed by atoms with Crippen molar-refractivity contribution in [2.75, 3.05) is 0 Å². The molecule has 1 fully saturated rings. The second-order valence-electron chi connectivity index (χ2n) is 6.11. The molecule has 1 aliphatic rings. The van der Waals surface area contributed by atoms with Gasteiger partial charge < -0.3 is 9.47 Å². The second kappa shape index (κ2) is 6.53. The number of cyclic esters (lactones) is 1. The zero-order valence-electron chi connectivity index (χ0n) is 14.3. The maximum Gasteiger partial charge on any atom is 0.347 e. The van der Waals surface area contributed by atoms with E-state index in [9.17, 15) is 9.59 Å². The number of ether oxygens (including phenoxy) is 2. The van der Waals surface area contributed by atoms with Crippen LogP contribution in [0, 0.1) is 0 Å². The molecule has 1 saturated heterocycles. The first-order chi connectivity index (χ1) is 12.6. The lowest BCUT2D eigenvalue weighted by Crippen LogP contribution is -2.23. The zero-order valence-corrected chi connectivity index (χ0v) is 15.2. The van der Waals surface area contributed by atoms with Gasteiger partial charge in [-0.15, -0.1) is 11.3 Å². The van der Waals surface area contributed by atoms with Gasteiger partial charge in [0.15, 0.2) is 5.65 Å². The number of esters is 2. The molecule has 0 amide bonds. The van der Waals surface area contributed by atoms with E-state index in [1.807, 2.05) is 24.4 Å². The van der Waals surface area contributed by atoms with Gasteiger partial charge in [-0.2, -0.15) is 5.10 Å². The summed E-state index contributed by atoms with van der Waals surface area (Å²) in [7, 11) is 0. The van der Waals surface area contributed by atoms with E-state index in [-0.39, 0.29) is 6.10 Å². The van der Waals surface area contributed by atoms with Crippen molar-refractivity contribution >= 4 is 34.3 Å². The highest BCUT2D eigenvalue weighted by atomic mass is 32.1. The summed E-state index contributed by atoms with van der Waals surface area (Å²) in [5.41, 5.74) is 1.65. The fourth-order valence-electron chi connectivity index (χ4n) is 3.01. The molecule has 0 aliphatic carbocycles. The summed E-state index contributed by atoms with van der Waals surface area (Å²) in [6.07, 6.45) is 0.857. The molecule has 134 valence electrons. The fraction of sp³-hybridized carbons (Fsp3) is 0.333. The first kappa shape index (κ1) is 16.7. The third kappa shape index (κ3) is 2.86. The van der Waals surface area contributed by atoms with Crippen molar-refractivity contribution in [2.24, 2.45) is 0 Å². The Bertz CT molecular complexity index is 980. The molecule has 26 heavy (non-hydrogen) atoms. The molecule has 8 heteroatoms. The van der Waals surface area contributed by atoms with Crippen LogP contribution in [-0.4, -0.2) is 38.9 Å². The minimum absolute atomic E-state index is 0.248. The average molecular weight is 371 g/mol. The quantitative estimate of drug-likeness (QED) is 0.656. The van der Waals surface area contributed by atoms with Crippen LogP contribution < -0.4 is 0 Å². The lowest BCUT2D eigenvalue weighted by atomic mass is 10.1. The average Bonchev–Trinajstić information content (AvgIpc) is 3.34. The van der Waals surface area contributed by atoms with E-state index in [1.165, 1.54) is 11.3 Å². The Morgan fingerprint density at radius 1 is 1.50 bits per heavy atom. The van der Waals surface area contributed by atoms with Gasteiger partial charge in [-0.25, -0.2) is 19.3 Å². The Morgan fingerprint density at radius 3 is 3.00 bits per heavy atom. The van der Waals surface area contributed by atoms with Crippen molar-refractivity contribution in [1.29, 1.82) is 0 Å². The zero-order chi connectivity index (χ0) is 18.3. The molecule has 4 heterocycles. The van der Waals surface area contributed by atoms with Crippen LogP contribution in [0.1, 0.15) is 30.6 Å². The van der Waals surface area contributed by atoms with Crippen LogP contribution in [0.4, 0.5) is 0 Å². The summed E-state index contributed by atoms with van der Waals surface area (Å²) in [6.45, 7) is 4.36. The summed E-state index contributed by atoms with van der Waals surface area (Å²) < 4.78 is 12.2. The summed E-state index contributed by atoms with van der Waals surface area (Å²) in [6, 6.07) is 5.56. The molecule has 4 rings (SSSR count). The lowest BCUT2D eigenvalue weighted by Gasteiger charge is -2.10. The van der Waals surface area contributed by atoms with Crippen LogP contribution in [0.15, 0.2) is 29.8 Å². The van der Waals surface area contributed by atoms with Gasteiger partial charge in [0.2, 0.25) is 6.10 Å². The van der Waals surface area contributed by atoms with Crippen LogP contribution in [0.2, 0.25) is 0 Å². The molecule has 3 aromatic rings. The van der Waals surface area contributed by atoms with E-state index in [0.29, 0.717) is 35.3 Å². The van der Waals surface area contributed by atoms with Crippen molar-refractivity contribution in [3.63, 3.8) is 0 Å². The molecule has 0 saturated carbocycles. The molecule has 0 radical (unpaired) electrons. The topological polar surface area (TPSA) is 83.3 Å². The predicted octanol–water partition coefficient (Wildman–Crippen LogP) is 3.04. The Morgan fingerprint density at radius 2 is 2.35 bits per heavy atom. The minimum atomic E-state index is -0.868. The highest BCUT2D eigenvalue weighted by molar-refractivity contribution is 7.13. The molecule has 0 spiro atoms. The monoisotopic (exact) mass is 371 g/mol. The number of aryl methyl sites for hydroxylation is 1. The Labute approximate surface area is 153 Å². The summed E-state index contributed by atoms with van der Waals surface area (Å²) in [4.78, 5) is 30.2. The molecule has 3 aromatic heterocycles. The molecular weight excluding hydrogens is 354 g/mol. The smallest absolute Gasteiger partial charge is 0.347 e. The van der Waals surface area contributed by atoms with Crippen LogP contribution in [0.5, 0.6) is 0 Å². The van der Waals surface area contributed by atoms with E-state index >= 15 is 0 Å². The van der Waals surface area contributed by atoms with Gasteiger partial charge in [0.1, 0.15) is 6.10 Å². The van der Waals surface area contributed by atoms with Crippen LogP contribution >= 0.6 is 11.3 Å². The summed E-state index contributed by atoms with van der Waals surface area (Å²) in [5, 5.41) is 6.85. The molecule has 0 unspecified atom stereocenters. The maximum absolute atomic E-state index is 12.8. The molecule has 0 aromatic carbocycles. The number of pyridine rings is 1. The van der Waals surface area contributed by atoms with Gasteiger partial charge >= 0.3 is 11.9 Å². The normalized spacial score (nSPS) is 19.7. The Balaban J connectivity index is 1.76. The number of carbonyl (C=O) groups is 2. The molecule has 0 N–H and O–H groups in total. The number of carbonyl (C=O) groups excluding carboxylic acids is 2. The van der Waals surface area contributed by atoms with Gasteiger partial charge in [-0.1, -0.05) is 6.07 Å². The van der Waals surface area contributed by atoms with Gasteiger partial charge in [0.05, 0.1) is 27.7 Å². The van der Waals surface area contributed by atoms with Gasteiger partial charge in [-0.05, 0) is 31.4 Å². The van der Waals surface area contributed by atoms with Crippen molar-refractivity contribution < 1.29 is 19.1 Å². The summed E-state index contributed by atoms with van der Waals surface area (Å²) >= 11 is 1.54. The number of hydrogen-bond acceptors (Lipinski definition) is 7. The highest BCUT2D eigenvalue weighted by Gasteiger charge is 2.35. The predicted molar refractivity (Wildman–Crippen MR) is 95.9 cm³/mol. The highest BCUT2D eigenvalue weighted by Crippen LogP contribution is 2.29. The minimum Gasteiger partial charge on any atom is -0.460 e. The Kier molecular flexibility index (Phi) is 4.20. The second-order valence-corrected chi connectivity index (χ2v) is 7.05. The maximum atomic E-state index is 12.8. The van der Waals surface area contributed by atoms with E-state index in [1.54, 1.807) is 23.9 Å². The molecular formula is C18H17N3O4S. The number of rotatable bonds is 4. The number of fused-ring (bicyclic) bond motifs is 1.